The van der Waals surface area contributed by atoms with E-state index in [-0.39, 0.29) is 11.6 Å². The van der Waals surface area contributed by atoms with Crippen LogP contribution in [-0.4, -0.2) is 26.4 Å². The Morgan fingerprint density at radius 2 is 2.18 bits per heavy atom. The van der Waals surface area contributed by atoms with E-state index in [0.717, 1.165) is 52.1 Å². The molecule has 1 aliphatic heterocycles. The van der Waals surface area contributed by atoms with Gasteiger partial charge in [-0.3, -0.25) is 9.69 Å². The first-order valence-electron chi connectivity index (χ1n) is 9.53. The molecule has 0 amide bonds. The molecule has 0 aliphatic carbocycles. The van der Waals surface area contributed by atoms with Crippen LogP contribution in [0, 0.1) is 13.8 Å². The Morgan fingerprint density at radius 3 is 3.00 bits per heavy atom. The lowest BCUT2D eigenvalue weighted by molar-refractivity contribution is 0.184. The molecule has 1 atom stereocenters. The van der Waals surface area contributed by atoms with Gasteiger partial charge in [0, 0.05) is 24.2 Å². The standard InChI is InChI=1S/C22H22N4O2/c1-13-8-14(2)19-15(9-13)10-17(22(27)25-19)21-20-18(23-12-24-20)5-6-26(21)11-16-4-3-7-28-16/h3-4,7-10,12,21H,5-6,11H2,1-2H3,(H,23,24)(H,25,27). The van der Waals surface area contributed by atoms with E-state index in [0.29, 0.717) is 6.54 Å². The second kappa shape index (κ2) is 6.49. The van der Waals surface area contributed by atoms with Crippen LogP contribution < -0.4 is 5.56 Å². The van der Waals surface area contributed by atoms with Crippen molar-refractivity contribution in [1.82, 2.24) is 19.9 Å². The maximum absolute atomic E-state index is 13.1. The molecule has 0 saturated carbocycles. The maximum atomic E-state index is 13.1. The number of benzene rings is 1. The summed E-state index contributed by atoms with van der Waals surface area (Å²) in [7, 11) is 0. The number of furan rings is 1. The number of rotatable bonds is 3. The quantitative estimate of drug-likeness (QED) is 0.574. The Bertz CT molecular complexity index is 1200. The van der Waals surface area contributed by atoms with E-state index >= 15 is 0 Å². The molecule has 142 valence electrons. The molecular weight excluding hydrogens is 352 g/mol. The lowest BCUT2D eigenvalue weighted by Crippen LogP contribution is -2.38. The first kappa shape index (κ1) is 17.0. The van der Waals surface area contributed by atoms with Gasteiger partial charge in [0.2, 0.25) is 0 Å². The van der Waals surface area contributed by atoms with E-state index in [1.165, 1.54) is 5.56 Å². The summed E-state index contributed by atoms with van der Waals surface area (Å²) in [6.07, 6.45) is 4.27. The normalized spacial score (nSPS) is 17.1. The molecule has 3 aromatic heterocycles. The highest BCUT2D eigenvalue weighted by Gasteiger charge is 2.33. The summed E-state index contributed by atoms with van der Waals surface area (Å²) in [5.41, 5.74) is 5.83. The molecule has 1 aromatic carbocycles. The number of hydrogen-bond donors (Lipinski definition) is 2. The Balaban J connectivity index is 1.68. The first-order chi connectivity index (χ1) is 13.6. The average molecular weight is 374 g/mol. The number of aromatic amines is 2. The van der Waals surface area contributed by atoms with Crippen LogP contribution in [0.2, 0.25) is 0 Å². The fourth-order valence-corrected chi connectivity index (χ4v) is 4.35. The number of nitrogens with one attached hydrogen (secondary N) is 2. The number of hydrogen-bond acceptors (Lipinski definition) is 4. The molecule has 0 saturated heterocycles. The fourth-order valence-electron chi connectivity index (χ4n) is 4.35. The summed E-state index contributed by atoms with van der Waals surface area (Å²) >= 11 is 0. The molecule has 6 heteroatoms. The van der Waals surface area contributed by atoms with Crippen molar-refractivity contribution < 1.29 is 4.42 Å². The molecule has 0 spiro atoms. The molecule has 1 aliphatic rings. The first-order valence-corrected chi connectivity index (χ1v) is 9.53. The van der Waals surface area contributed by atoms with Crippen molar-refractivity contribution in [3.63, 3.8) is 0 Å². The summed E-state index contributed by atoms with van der Waals surface area (Å²) in [6, 6.07) is 9.88. The Labute approximate surface area is 162 Å². The van der Waals surface area contributed by atoms with E-state index in [9.17, 15) is 4.79 Å². The van der Waals surface area contributed by atoms with Crippen LogP contribution in [0.25, 0.3) is 10.9 Å². The number of aromatic nitrogens is 3. The van der Waals surface area contributed by atoms with Gasteiger partial charge in [0.1, 0.15) is 5.76 Å². The second-order valence-electron chi connectivity index (χ2n) is 7.57. The van der Waals surface area contributed by atoms with Crippen molar-refractivity contribution in [2.45, 2.75) is 32.9 Å². The summed E-state index contributed by atoms with van der Waals surface area (Å²) in [5, 5.41) is 1.05. The number of pyridine rings is 1. The predicted molar refractivity (Wildman–Crippen MR) is 107 cm³/mol. The van der Waals surface area contributed by atoms with Crippen LogP contribution in [0.1, 0.15) is 39.9 Å². The molecule has 4 aromatic rings. The Morgan fingerprint density at radius 1 is 1.29 bits per heavy atom. The summed E-state index contributed by atoms with van der Waals surface area (Å²) in [6.45, 7) is 5.56. The number of imidazole rings is 1. The molecule has 28 heavy (non-hydrogen) atoms. The van der Waals surface area contributed by atoms with E-state index in [1.54, 1.807) is 12.6 Å². The molecular formula is C22H22N4O2. The number of aryl methyl sites for hydroxylation is 2. The minimum atomic E-state index is -0.214. The van der Waals surface area contributed by atoms with E-state index in [1.807, 2.05) is 25.1 Å². The molecule has 5 rings (SSSR count). The minimum Gasteiger partial charge on any atom is -0.468 e. The lowest BCUT2D eigenvalue weighted by atomic mass is 9.94. The third-order valence-corrected chi connectivity index (χ3v) is 5.58. The highest BCUT2D eigenvalue weighted by molar-refractivity contribution is 5.83. The van der Waals surface area contributed by atoms with Crippen molar-refractivity contribution in [1.29, 1.82) is 0 Å². The molecule has 2 N–H and O–H groups in total. The van der Waals surface area contributed by atoms with Crippen molar-refractivity contribution in [3.8, 4) is 0 Å². The number of H-pyrrole nitrogens is 2. The highest BCUT2D eigenvalue weighted by Crippen LogP contribution is 2.34. The third-order valence-electron chi connectivity index (χ3n) is 5.58. The minimum absolute atomic E-state index is 0.0650. The molecule has 6 nitrogen and oxygen atoms in total. The molecule has 4 heterocycles. The van der Waals surface area contributed by atoms with Gasteiger partial charge in [-0.05, 0) is 49.1 Å². The largest absolute Gasteiger partial charge is 0.468 e. The van der Waals surface area contributed by atoms with Gasteiger partial charge in [-0.2, -0.15) is 0 Å². The van der Waals surface area contributed by atoms with E-state index < -0.39 is 0 Å². The molecule has 0 radical (unpaired) electrons. The van der Waals surface area contributed by atoms with Gasteiger partial charge >= 0.3 is 0 Å². The zero-order valence-electron chi connectivity index (χ0n) is 16.0. The van der Waals surface area contributed by atoms with Gasteiger partial charge < -0.3 is 14.4 Å². The van der Waals surface area contributed by atoms with Gasteiger partial charge in [0.05, 0.1) is 36.4 Å². The topological polar surface area (TPSA) is 77.9 Å². The molecule has 1 unspecified atom stereocenters. The van der Waals surface area contributed by atoms with Gasteiger partial charge in [-0.15, -0.1) is 0 Å². The second-order valence-corrected chi connectivity index (χ2v) is 7.57. The zero-order chi connectivity index (χ0) is 19.3. The van der Waals surface area contributed by atoms with Gasteiger partial charge in [-0.25, -0.2) is 4.98 Å². The lowest BCUT2D eigenvalue weighted by Gasteiger charge is -2.34. The Hall–Kier alpha value is -3.12. The maximum Gasteiger partial charge on any atom is 0.253 e. The SMILES string of the molecule is Cc1cc(C)c2[nH]c(=O)c(C3c4nc[nH]c4CCN3Cc3ccco3)cc2c1. The van der Waals surface area contributed by atoms with Crippen LogP contribution in [0.15, 0.2) is 52.1 Å². The fraction of sp³-hybridized carbons (Fsp3) is 0.273. The molecule has 0 bridgehead atoms. The van der Waals surface area contributed by atoms with Gasteiger partial charge in [0.25, 0.3) is 5.56 Å². The van der Waals surface area contributed by atoms with Gasteiger partial charge in [0.15, 0.2) is 0 Å². The van der Waals surface area contributed by atoms with Crippen LogP contribution in [0.4, 0.5) is 0 Å². The average Bonchev–Trinajstić information content (AvgIpc) is 3.34. The zero-order valence-corrected chi connectivity index (χ0v) is 16.0. The Kier molecular flexibility index (Phi) is 3.94. The summed E-state index contributed by atoms with van der Waals surface area (Å²) < 4.78 is 5.57. The van der Waals surface area contributed by atoms with Crippen LogP contribution in [0.3, 0.4) is 0 Å². The predicted octanol–water partition coefficient (Wildman–Crippen LogP) is 3.61. The van der Waals surface area contributed by atoms with Crippen molar-refractivity contribution in [2.24, 2.45) is 0 Å². The monoisotopic (exact) mass is 374 g/mol. The van der Waals surface area contributed by atoms with E-state index in [2.05, 4.69) is 38.9 Å². The summed E-state index contributed by atoms with van der Waals surface area (Å²) in [5.74, 6) is 0.882. The van der Waals surface area contributed by atoms with Crippen molar-refractivity contribution in [3.05, 3.63) is 87.1 Å². The van der Waals surface area contributed by atoms with Crippen molar-refractivity contribution >= 4 is 10.9 Å². The van der Waals surface area contributed by atoms with E-state index in [4.69, 9.17) is 4.42 Å². The third kappa shape index (κ3) is 2.77. The van der Waals surface area contributed by atoms with Crippen LogP contribution >= 0.6 is 0 Å². The van der Waals surface area contributed by atoms with Crippen LogP contribution in [-0.2, 0) is 13.0 Å². The van der Waals surface area contributed by atoms with Crippen LogP contribution in [0.5, 0.6) is 0 Å². The number of nitrogens with zero attached hydrogens (tertiary/aromatic N) is 2. The molecule has 0 fully saturated rings. The highest BCUT2D eigenvalue weighted by atomic mass is 16.3. The number of fused-ring (bicyclic) bond motifs is 2. The smallest absolute Gasteiger partial charge is 0.253 e. The van der Waals surface area contributed by atoms with Gasteiger partial charge in [-0.1, -0.05) is 11.6 Å². The van der Waals surface area contributed by atoms with Crippen molar-refractivity contribution in [2.75, 3.05) is 6.54 Å². The summed E-state index contributed by atoms with van der Waals surface area (Å²) in [4.78, 5) is 26.3.